The highest BCUT2D eigenvalue weighted by molar-refractivity contribution is 6.29. The lowest BCUT2D eigenvalue weighted by molar-refractivity contribution is -0.107. The van der Waals surface area contributed by atoms with Crippen LogP contribution in [-0.4, -0.2) is 11.3 Å². The second-order valence-corrected chi connectivity index (χ2v) is 2.58. The van der Waals surface area contributed by atoms with E-state index in [4.69, 9.17) is 17.1 Å². The number of hydrogen-bond donors (Lipinski definition) is 0. The summed E-state index contributed by atoms with van der Waals surface area (Å²) in [4.78, 5) is 16.6. The Morgan fingerprint density at radius 3 is 3.15 bits per heavy atom. The number of halogens is 1. The molecule has 0 aromatic carbocycles. The molecule has 0 fully saturated rings. The molecule has 0 aliphatic rings. The number of rotatable bonds is 3. The van der Waals surface area contributed by atoms with Crippen LogP contribution in [0.15, 0.2) is 17.4 Å². The highest BCUT2D eigenvalue weighted by atomic mass is 35.5. The number of hydrogen-bond acceptors (Lipinski definition) is 3. The third kappa shape index (κ3) is 2.43. The Bertz CT molecular complexity index is 373. The molecule has 0 aliphatic carbocycles. The van der Waals surface area contributed by atoms with Gasteiger partial charge in [-0.25, -0.2) is 4.98 Å². The van der Waals surface area contributed by atoms with E-state index in [1.54, 1.807) is 0 Å². The first-order chi connectivity index (χ1) is 6.27. The maximum atomic E-state index is 10.2. The molecule has 1 aromatic rings. The van der Waals surface area contributed by atoms with Crippen molar-refractivity contribution in [3.8, 4) is 0 Å². The fourth-order valence-corrected chi connectivity index (χ4v) is 0.989. The number of aromatic nitrogens is 1. The maximum Gasteiger partial charge on any atom is 0.129 e. The minimum absolute atomic E-state index is 0.165. The molecule has 1 aromatic heterocycles. The molecular formula is C7H5ClN4O. The van der Waals surface area contributed by atoms with Crippen LogP contribution >= 0.6 is 11.6 Å². The molecule has 0 radical (unpaired) electrons. The zero-order valence-corrected chi connectivity index (χ0v) is 7.27. The molecule has 6 heteroatoms. The monoisotopic (exact) mass is 196 g/mol. The van der Waals surface area contributed by atoms with Crippen molar-refractivity contribution in [3.63, 3.8) is 0 Å². The Labute approximate surface area is 79.0 Å². The highest BCUT2D eigenvalue weighted by Crippen LogP contribution is 2.21. The van der Waals surface area contributed by atoms with Gasteiger partial charge in [0.25, 0.3) is 0 Å². The molecule has 0 unspecified atom stereocenters. The topological polar surface area (TPSA) is 78.7 Å². The average molecular weight is 197 g/mol. The third-order valence-corrected chi connectivity index (χ3v) is 1.59. The van der Waals surface area contributed by atoms with E-state index in [1.807, 2.05) is 0 Å². The molecule has 0 aliphatic heterocycles. The summed E-state index contributed by atoms with van der Waals surface area (Å²) in [6, 6.07) is 1.42. The van der Waals surface area contributed by atoms with Crippen LogP contribution in [0.2, 0.25) is 5.15 Å². The summed E-state index contributed by atoms with van der Waals surface area (Å²) in [6.45, 7) is 0. The van der Waals surface area contributed by atoms with Crippen LogP contribution in [0.25, 0.3) is 10.4 Å². The Kier molecular flexibility index (Phi) is 3.25. The molecule has 0 amide bonds. The minimum Gasteiger partial charge on any atom is -0.303 e. The molecule has 0 atom stereocenters. The normalized spacial score (nSPS) is 9.00. The van der Waals surface area contributed by atoms with Gasteiger partial charge in [0.1, 0.15) is 11.4 Å². The molecule has 1 heterocycles. The van der Waals surface area contributed by atoms with Gasteiger partial charge in [0.2, 0.25) is 0 Å². The standard InChI is InChI=1S/C7H5ClN4O/c8-7-3-6(11-12-9)5(1-2-13)4-10-7/h2-4H,1H2. The smallest absolute Gasteiger partial charge is 0.129 e. The first-order valence-corrected chi connectivity index (χ1v) is 3.79. The zero-order valence-electron chi connectivity index (χ0n) is 6.51. The molecule has 1 rings (SSSR count). The van der Waals surface area contributed by atoms with E-state index in [-0.39, 0.29) is 11.6 Å². The van der Waals surface area contributed by atoms with Gasteiger partial charge < -0.3 is 4.79 Å². The summed E-state index contributed by atoms with van der Waals surface area (Å²) in [5.74, 6) is 0. The van der Waals surface area contributed by atoms with Crippen LogP contribution in [0.4, 0.5) is 5.69 Å². The predicted octanol–water partition coefficient (Wildman–Crippen LogP) is 2.42. The molecule has 0 N–H and O–H groups in total. The van der Waals surface area contributed by atoms with Gasteiger partial charge in [0.05, 0.1) is 0 Å². The number of aldehydes is 1. The van der Waals surface area contributed by atoms with Crippen molar-refractivity contribution in [3.05, 3.63) is 33.4 Å². The summed E-state index contributed by atoms with van der Waals surface area (Å²) >= 11 is 5.57. The summed E-state index contributed by atoms with van der Waals surface area (Å²) in [5, 5.41) is 3.62. The Morgan fingerprint density at radius 1 is 1.77 bits per heavy atom. The van der Waals surface area contributed by atoms with Crippen molar-refractivity contribution in [1.82, 2.24) is 4.98 Å². The van der Waals surface area contributed by atoms with Crippen molar-refractivity contribution in [2.24, 2.45) is 5.11 Å². The molecule has 5 nitrogen and oxygen atoms in total. The van der Waals surface area contributed by atoms with Gasteiger partial charge in [-0.15, -0.1) is 0 Å². The van der Waals surface area contributed by atoms with Crippen LogP contribution in [0.1, 0.15) is 5.56 Å². The van der Waals surface area contributed by atoms with Crippen molar-refractivity contribution >= 4 is 23.6 Å². The molecule has 66 valence electrons. The first-order valence-electron chi connectivity index (χ1n) is 3.41. The lowest BCUT2D eigenvalue weighted by Gasteiger charge is -1.99. The summed E-state index contributed by atoms with van der Waals surface area (Å²) in [5.41, 5.74) is 9.12. The van der Waals surface area contributed by atoms with Crippen molar-refractivity contribution < 1.29 is 4.79 Å². The van der Waals surface area contributed by atoms with Crippen molar-refractivity contribution in [2.75, 3.05) is 0 Å². The summed E-state index contributed by atoms with van der Waals surface area (Å²) < 4.78 is 0. The summed E-state index contributed by atoms with van der Waals surface area (Å²) in [6.07, 6.45) is 2.29. The van der Waals surface area contributed by atoms with Gasteiger partial charge in [-0.1, -0.05) is 16.7 Å². The lowest BCUT2D eigenvalue weighted by Crippen LogP contribution is -1.88. The summed E-state index contributed by atoms with van der Waals surface area (Å²) in [7, 11) is 0. The molecule has 0 bridgehead atoms. The molecule has 0 saturated heterocycles. The van der Waals surface area contributed by atoms with Crippen molar-refractivity contribution in [2.45, 2.75) is 6.42 Å². The second-order valence-electron chi connectivity index (χ2n) is 2.20. The van der Waals surface area contributed by atoms with Crippen LogP contribution in [0.3, 0.4) is 0 Å². The Balaban J connectivity index is 3.17. The number of pyridine rings is 1. The van der Waals surface area contributed by atoms with Gasteiger partial charge in [-0.2, -0.15) is 0 Å². The quantitative estimate of drug-likeness (QED) is 0.245. The molecule has 0 saturated carbocycles. The van der Waals surface area contributed by atoms with Crippen LogP contribution in [0.5, 0.6) is 0 Å². The number of carbonyl (C=O) groups excluding carboxylic acids is 1. The Hall–Kier alpha value is -1.58. The van der Waals surface area contributed by atoms with Crippen LogP contribution in [0, 0.1) is 0 Å². The Morgan fingerprint density at radius 2 is 2.54 bits per heavy atom. The van der Waals surface area contributed by atoms with Crippen molar-refractivity contribution in [1.29, 1.82) is 0 Å². The predicted molar refractivity (Wildman–Crippen MR) is 47.8 cm³/mol. The first kappa shape index (κ1) is 9.51. The fraction of sp³-hybridized carbons (Fsp3) is 0.143. The number of nitrogens with zero attached hydrogens (tertiary/aromatic N) is 4. The number of carbonyl (C=O) groups is 1. The third-order valence-electron chi connectivity index (χ3n) is 1.38. The molecule has 13 heavy (non-hydrogen) atoms. The second kappa shape index (κ2) is 4.45. The van der Waals surface area contributed by atoms with Gasteiger partial charge in [-0.3, -0.25) is 0 Å². The van der Waals surface area contributed by atoms with Crippen LogP contribution in [-0.2, 0) is 11.2 Å². The van der Waals surface area contributed by atoms with E-state index >= 15 is 0 Å². The highest BCUT2D eigenvalue weighted by Gasteiger charge is 2.01. The van der Waals surface area contributed by atoms with E-state index in [9.17, 15) is 4.79 Å². The average Bonchev–Trinajstić information content (AvgIpc) is 2.10. The van der Waals surface area contributed by atoms with E-state index in [0.717, 1.165) is 0 Å². The lowest BCUT2D eigenvalue weighted by atomic mass is 10.2. The van der Waals surface area contributed by atoms with Gasteiger partial charge in [0, 0.05) is 23.2 Å². The van der Waals surface area contributed by atoms with Gasteiger partial charge >= 0.3 is 0 Å². The van der Waals surface area contributed by atoms with E-state index in [0.29, 0.717) is 17.5 Å². The number of azide groups is 1. The minimum atomic E-state index is 0.165. The SMILES string of the molecule is [N-]=[N+]=Nc1cc(Cl)ncc1CC=O. The maximum absolute atomic E-state index is 10.2. The van der Waals surface area contributed by atoms with Gasteiger partial charge in [0.15, 0.2) is 0 Å². The van der Waals surface area contributed by atoms with Crippen LogP contribution < -0.4 is 0 Å². The zero-order chi connectivity index (χ0) is 9.68. The molecule has 0 spiro atoms. The van der Waals surface area contributed by atoms with Gasteiger partial charge in [-0.05, 0) is 17.2 Å². The molecular weight excluding hydrogens is 192 g/mol. The fourth-order valence-electron chi connectivity index (χ4n) is 0.837. The largest absolute Gasteiger partial charge is 0.303 e. The van der Waals surface area contributed by atoms with E-state index < -0.39 is 0 Å². The van der Waals surface area contributed by atoms with E-state index in [2.05, 4.69) is 15.0 Å². The van der Waals surface area contributed by atoms with E-state index in [1.165, 1.54) is 12.3 Å².